The normalized spacial score (nSPS) is 25.6. The van der Waals surface area contributed by atoms with Crippen LogP contribution in [0.1, 0.15) is 25.7 Å². The van der Waals surface area contributed by atoms with E-state index in [-0.39, 0.29) is 0 Å². The number of likely N-dealkylation sites (tertiary alicyclic amines) is 1. The summed E-state index contributed by atoms with van der Waals surface area (Å²) in [6, 6.07) is -0.0736. The van der Waals surface area contributed by atoms with E-state index in [0.717, 1.165) is 19.4 Å². The Hall–Kier alpha value is -0.980. The van der Waals surface area contributed by atoms with Gasteiger partial charge in [-0.05, 0) is 38.1 Å². The summed E-state index contributed by atoms with van der Waals surface area (Å²) in [5, 5.41) is 5.37. The first-order valence-electron chi connectivity index (χ1n) is 6.78. The maximum atomic E-state index is 12.0. The van der Waals surface area contributed by atoms with Crippen molar-refractivity contribution >= 4 is 6.03 Å². The molecule has 0 aliphatic carbocycles. The molecule has 7 heteroatoms. The van der Waals surface area contributed by atoms with Gasteiger partial charge in [0.05, 0.1) is 0 Å². The molecule has 2 amide bonds. The van der Waals surface area contributed by atoms with Crippen LogP contribution in [0.2, 0.25) is 0 Å². The van der Waals surface area contributed by atoms with Crippen molar-refractivity contribution in [2.75, 3.05) is 26.2 Å². The van der Waals surface area contributed by atoms with Crippen molar-refractivity contribution in [3.05, 3.63) is 0 Å². The molecule has 0 aromatic carbocycles. The minimum atomic E-state index is -4.35. The molecule has 110 valence electrons. The third-order valence-electron chi connectivity index (χ3n) is 3.93. The summed E-state index contributed by atoms with van der Waals surface area (Å²) in [6.45, 7) is 0.895. The monoisotopic (exact) mass is 279 g/mol. The van der Waals surface area contributed by atoms with E-state index in [9.17, 15) is 18.0 Å². The first-order chi connectivity index (χ1) is 8.96. The van der Waals surface area contributed by atoms with Gasteiger partial charge >= 0.3 is 12.2 Å². The minimum absolute atomic E-state index is 0.528. The molecule has 0 spiro atoms. The molecule has 2 rings (SSSR count). The predicted molar refractivity (Wildman–Crippen MR) is 64.8 cm³/mol. The van der Waals surface area contributed by atoms with Crippen LogP contribution in [0, 0.1) is 5.92 Å². The zero-order valence-corrected chi connectivity index (χ0v) is 10.8. The van der Waals surface area contributed by atoms with Crippen molar-refractivity contribution in [1.82, 2.24) is 15.5 Å². The molecule has 2 aliphatic rings. The molecule has 2 aliphatic heterocycles. The van der Waals surface area contributed by atoms with Crippen molar-refractivity contribution in [1.29, 1.82) is 0 Å². The van der Waals surface area contributed by atoms with Crippen molar-refractivity contribution in [2.45, 2.75) is 37.9 Å². The van der Waals surface area contributed by atoms with Gasteiger partial charge in [-0.2, -0.15) is 13.2 Å². The fraction of sp³-hybridized carbons (Fsp3) is 0.917. The zero-order chi connectivity index (χ0) is 13.9. The van der Waals surface area contributed by atoms with Crippen molar-refractivity contribution in [3.63, 3.8) is 0 Å². The molecule has 0 saturated carbocycles. The molecule has 4 nitrogen and oxygen atoms in total. The Bertz CT molecular complexity index is 308. The Balaban J connectivity index is 1.71. The van der Waals surface area contributed by atoms with Crippen LogP contribution in [-0.4, -0.2) is 49.3 Å². The fourth-order valence-electron chi connectivity index (χ4n) is 2.91. The Morgan fingerprint density at radius 2 is 1.95 bits per heavy atom. The molecule has 2 saturated heterocycles. The largest absolute Gasteiger partial charge is 0.405 e. The van der Waals surface area contributed by atoms with Gasteiger partial charge in [-0.3, -0.25) is 0 Å². The topological polar surface area (TPSA) is 44.4 Å². The summed E-state index contributed by atoms with van der Waals surface area (Å²) in [5.74, 6) is 0.550. The van der Waals surface area contributed by atoms with E-state index in [1.807, 2.05) is 5.32 Å². The number of carbonyl (C=O) groups excluding carboxylic acids is 1. The second-order valence-corrected chi connectivity index (χ2v) is 5.30. The van der Waals surface area contributed by atoms with Gasteiger partial charge in [-0.1, -0.05) is 0 Å². The van der Waals surface area contributed by atoms with Crippen LogP contribution >= 0.6 is 0 Å². The van der Waals surface area contributed by atoms with Gasteiger partial charge in [-0.15, -0.1) is 0 Å². The fourth-order valence-corrected chi connectivity index (χ4v) is 2.91. The van der Waals surface area contributed by atoms with E-state index in [2.05, 4.69) is 5.32 Å². The standard InChI is InChI=1S/C12H20F3N3O/c13-12(14,15)8-17-11(19)18-6-3-9(4-7-18)10-2-1-5-16-10/h9-10,16H,1-8H2,(H,17,19). The maximum Gasteiger partial charge on any atom is 0.405 e. The lowest BCUT2D eigenvalue weighted by molar-refractivity contribution is -0.123. The zero-order valence-electron chi connectivity index (χ0n) is 10.8. The summed E-state index contributed by atoms with van der Waals surface area (Å²) in [6.07, 6.45) is -0.238. The number of piperidine rings is 1. The second-order valence-electron chi connectivity index (χ2n) is 5.30. The summed E-state index contributed by atoms with van der Waals surface area (Å²) >= 11 is 0. The van der Waals surface area contributed by atoms with Gasteiger partial charge in [0.2, 0.25) is 0 Å². The molecule has 2 N–H and O–H groups in total. The van der Waals surface area contributed by atoms with Crippen molar-refractivity contribution in [3.8, 4) is 0 Å². The van der Waals surface area contributed by atoms with Crippen LogP contribution in [0.15, 0.2) is 0 Å². The van der Waals surface area contributed by atoms with Crippen LogP contribution in [0.3, 0.4) is 0 Å². The smallest absolute Gasteiger partial charge is 0.329 e. The molecule has 1 atom stereocenters. The molecule has 0 radical (unpaired) electrons. The number of nitrogens with zero attached hydrogens (tertiary/aromatic N) is 1. The van der Waals surface area contributed by atoms with Gasteiger partial charge < -0.3 is 15.5 Å². The minimum Gasteiger partial charge on any atom is -0.329 e. The number of alkyl halides is 3. The molecule has 0 aromatic rings. The Kier molecular flexibility index (Phi) is 4.54. The second kappa shape index (κ2) is 5.98. The lowest BCUT2D eigenvalue weighted by atomic mass is 9.89. The van der Waals surface area contributed by atoms with Gasteiger partial charge in [0.1, 0.15) is 6.54 Å². The molecule has 2 heterocycles. The lowest BCUT2D eigenvalue weighted by Gasteiger charge is -2.34. The number of rotatable bonds is 2. The highest BCUT2D eigenvalue weighted by molar-refractivity contribution is 5.74. The third-order valence-corrected chi connectivity index (χ3v) is 3.93. The quantitative estimate of drug-likeness (QED) is 0.808. The van der Waals surface area contributed by atoms with Crippen LogP contribution in [-0.2, 0) is 0 Å². The Morgan fingerprint density at radius 3 is 2.47 bits per heavy atom. The van der Waals surface area contributed by atoms with Gasteiger partial charge in [0.15, 0.2) is 0 Å². The highest BCUT2D eigenvalue weighted by Crippen LogP contribution is 2.25. The number of hydrogen-bond donors (Lipinski definition) is 2. The number of nitrogens with one attached hydrogen (secondary N) is 2. The predicted octanol–water partition coefficient (Wildman–Crippen LogP) is 1.72. The van der Waals surface area contributed by atoms with E-state index in [4.69, 9.17) is 0 Å². The van der Waals surface area contributed by atoms with Crippen LogP contribution in [0.25, 0.3) is 0 Å². The highest BCUT2D eigenvalue weighted by Gasteiger charge is 2.32. The van der Waals surface area contributed by atoms with E-state index < -0.39 is 18.8 Å². The molecule has 19 heavy (non-hydrogen) atoms. The number of urea groups is 1. The van der Waals surface area contributed by atoms with Crippen LogP contribution in [0.4, 0.5) is 18.0 Å². The van der Waals surface area contributed by atoms with Crippen molar-refractivity contribution in [2.24, 2.45) is 5.92 Å². The summed E-state index contributed by atoms with van der Waals surface area (Å²) in [7, 11) is 0. The molecule has 0 aromatic heterocycles. The average Bonchev–Trinajstić information content (AvgIpc) is 2.89. The highest BCUT2D eigenvalue weighted by atomic mass is 19.4. The Labute approximate surface area is 110 Å². The maximum absolute atomic E-state index is 12.0. The Morgan fingerprint density at radius 1 is 1.26 bits per heavy atom. The first-order valence-corrected chi connectivity index (χ1v) is 6.78. The molecular formula is C12H20F3N3O. The van der Waals surface area contributed by atoms with E-state index in [1.54, 1.807) is 0 Å². The van der Waals surface area contributed by atoms with E-state index in [0.29, 0.717) is 25.0 Å². The van der Waals surface area contributed by atoms with E-state index >= 15 is 0 Å². The van der Waals surface area contributed by atoms with Gasteiger partial charge in [-0.25, -0.2) is 4.79 Å². The molecule has 2 fully saturated rings. The van der Waals surface area contributed by atoms with Crippen LogP contribution in [0.5, 0.6) is 0 Å². The molecule has 0 bridgehead atoms. The number of amides is 2. The van der Waals surface area contributed by atoms with E-state index in [1.165, 1.54) is 17.7 Å². The SMILES string of the molecule is O=C(NCC(F)(F)F)N1CCC(C2CCCN2)CC1. The number of halogens is 3. The lowest BCUT2D eigenvalue weighted by Crippen LogP contribution is -2.48. The van der Waals surface area contributed by atoms with Gasteiger partial charge in [0, 0.05) is 19.1 Å². The summed E-state index contributed by atoms with van der Waals surface area (Å²) in [4.78, 5) is 13.1. The molecular weight excluding hydrogens is 259 g/mol. The third kappa shape index (κ3) is 4.26. The molecule has 1 unspecified atom stereocenters. The van der Waals surface area contributed by atoms with Crippen LogP contribution < -0.4 is 10.6 Å². The number of hydrogen-bond acceptors (Lipinski definition) is 2. The first kappa shape index (κ1) is 14.4. The summed E-state index contributed by atoms with van der Waals surface area (Å²) in [5.41, 5.74) is 0. The van der Waals surface area contributed by atoms with Crippen molar-refractivity contribution < 1.29 is 18.0 Å². The number of carbonyl (C=O) groups is 1. The van der Waals surface area contributed by atoms with Gasteiger partial charge in [0.25, 0.3) is 0 Å². The summed E-state index contributed by atoms with van der Waals surface area (Å²) < 4.78 is 36.0. The average molecular weight is 279 g/mol.